The maximum Gasteiger partial charge on any atom is 0.410 e. The number of amides is 2. The van der Waals surface area contributed by atoms with Crippen molar-refractivity contribution in [2.45, 2.75) is 33.3 Å². The molecule has 6 nitrogen and oxygen atoms in total. The van der Waals surface area contributed by atoms with Gasteiger partial charge in [-0.05, 0) is 45.4 Å². The molecule has 0 radical (unpaired) electrons. The van der Waals surface area contributed by atoms with E-state index in [-0.39, 0.29) is 12.0 Å². The Bertz CT molecular complexity index is 600. The van der Waals surface area contributed by atoms with Crippen molar-refractivity contribution in [2.24, 2.45) is 0 Å². The van der Waals surface area contributed by atoms with Crippen molar-refractivity contribution in [3.63, 3.8) is 0 Å². The Balaban J connectivity index is 1.97. The van der Waals surface area contributed by atoms with Gasteiger partial charge in [0.25, 0.3) is 5.91 Å². The number of aryl methyl sites for hydroxylation is 1. The third-order valence-electron chi connectivity index (χ3n) is 3.71. The molecule has 0 unspecified atom stereocenters. The second-order valence-electron chi connectivity index (χ2n) is 6.83. The molecule has 126 valence electrons. The molecule has 23 heavy (non-hydrogen) atoms. The fourth-order valence-electron chi connectivity index (χ4n) is 2.46. The molecule has 1 aromatic carbocycles. The number of ether oxygens (including phenoxy) is 1. The van der Waals surface area contributed by atoms with E-state index in [1.54, 1.807) is 21.9 Å². The summed E-state index contributed by atoms with van der Waals surface area (Å²) in [5.74, 6) is -0.0429. The van der Waals surface area contributed by atoms with Gasteiger partial charge in [-0.25, -0.2) is 4.79 Å². The molecule has 2 amide bonds. The van der Waals surface area contributed by atoms with E-state index in [9.17, 15) is 9.59 Å². The quantitative estimate of drug-likeness (QED) is 0.806. The van der Waals surface area contributed by atoms with Crippen LogP contribution in [0.25, 0.3) is 0 Å². The van der Waals surface area contributed by atoms with Crippen LogP contribution in [0.2, 0.25) is 0 Å². The molecular formula is C17H25N3O3. The second-order valence-corrected chi connectivity index (χ2v) is 6.83. The molecule has 0 spiro atoms. The Labute approximate surface area is 137 Å². The molecule has 1 aromatic rings. The summed E-state index contributed by atoms with van der Waals surface area (Å²) in [6.07, 6.45) is -0.329. The molecular weight excluding hydrogens is 294 g/mol. The molecule has 6 heteroatoms. The van der Waals surface area contributed by atoms with Gasteiger partial charge in [0, 0.05) is 37.4 Å². The van der Waals surface area contributed by atoms with Crippen LogP contribution in [0.15, 0.2) is 18.2 Å². The lowest BCUT2D eigenvalue weighted by molar-refractivity contribution is 0.0141. The van der Waals surface area contributed by atoms with Gasteiger partial charge < -0.3 is 20.3 Å². The van der Waals surface area contributed by atoms with Crippen LogP contribution in [0, 0.1) is 6.92 Å². The van der Waals surface area contributed by atoms with E-state index >= 15 is 0 Å². The smallest absolute Gasteiger partial charge is 0.410 e. The Hall–Kier alpha value is -2.24. The lowest BCUT2D eigenvalue weighted by atomic mass is 10.1. The van der Waals surface area contributed by atoms with Crippen LogP contribution in [0.5, 0.6) is 0 Å². The summed E-state index contributed by atoms with van der Waals surface area (Å²) < 4.78 is 5.36. The maximum atomic E-state index is 12.6. The summed E-state index contributed by atoms with van der Waals surface area (Å²) in [5.41, 5.74) is 7.36. The highest BCUT2D eigenvalue weighted by molar-refractivity contribution is 5.96. The van der Waals surface area contributed by atoms with Crippen molar-refractivity contribution in [3.8, 4) is 0 Å². The first-order chi connectivity index (χ1) is 10.7. The Morgan fingerprint density at radius 1 is 1.09 bits per heavy atom. The number of anilines is 1. The number of hydrogen-bond acceptors (Lipinski definition) is 4. The Morgan fingerprint density at radius 2 is 1.65 bits per heavy atom. The van der Waals surface area contributed by atoms with Crippen molar-refractivity contribution in [1.29, 1.82) is 0 Å². The van der Waals surface area contributed by atoms with Crippen LogP contribution >= 0.6 is 0 Å². The molecule has 1 aliphatic rings. The Kier molecular flexibility index (Phi) is 4.82. The SMILES string of the molecule is Cc1ccc(N)cc1C(=O)N1CCN(C(=O)OC(C)(C)C)CC1. The number of carbonyl (C=O) groups excluding carboxylic acids is 2. The summed E-state index contributed by atoms with van der Waals surface area (Å²) in [6, 6.07) is 5.34. The van der Waals surface area contributed by atoms with Gasteiger partial charge in [0.2, 0.25) is 0 Å². The average Bonchev–Trinajstić information content (AvgIpc) is 2.47. The minimum Gasteiger partial charge on any atom is -0.444 e. The fraction of sp³-hybridized carbons (Fsp3) is 0.529. The van der Waals surface area contributed by atoms with E-state index < -0.39 is 5.60 Å². The first-order valence-electron chi connectivity index (χ1n) is 7.81. The van der Waals surface area contributed by atoms with Gasteiger partial charge in [-0.3, -0.25) is 4.79 Å². The topological polar surface area (TPSA) is 75.9 Å². The van der Waals surface area contributed by atoms with Gasteiger partial charge in [-0.15, -0.1) is 0 Å². The molecule has 1 aliphatic heterocycles. The molecule has 2 N–H and O–H groups in total. The first-order valence-corrected chi connectivity index (χ1v) is 7.81. The molecule has 1 saturated heterocycles. The molecule has 0 aromatic heterocycles. The number of piperazine rings is 1. The molecule has 0 aliphatic carbocycles. The zero-order valence-electron chi connectivity index (χ0n) is 14.3. The predicted octanol–water partition coefficient (Wildman–Crippen LogP) is 2.27. The summed E-state index contributed by atoms with van der Waals surface area (Å²) in [4.78, 5) is 28.0. The van der Waals surface area contributed by atoms with Crippen LogP contribution in [-0.4, -0.2) is 53.6 Å². The first kappa shape index (κ1) is 17.1. The summed E-state index contributed by atoms with van der Waals surface area (Å²) >= 11 is 0. The van der Waals surface area contributed by atoms with Crippen LogP contribution in [0.4, 0.5) is 10.5 Å². The normalized spacial score (nSPS) is 15.5. The third-order valence-corrected chi connectivity index (χ3v) is 3.71. The second kappa shape index (κ2) is 6.48. The third kappa shape index (κ3) is 4.37. The Morgan fingerprint density at radius 3 is 2.22 bits per heavy atom. The largest absolute Gasteiger partial charge is 0.444 e. The van der Waals surface area contributed by atoms with Crippen LogP contribution in [-0.2, 0) is 4.74 Å². The highest BCUT2D eigenvalue weighted by Gasteiger charge is 2.28. The average molecular weight is 319 g/mol. The van der Waals surface area contributed by atoms with E-state index in [1.165, 1.54) is 0 Å². The standard InChI is InChI=1S/C17H25N3O3/c1-12-5-6-13(18)11-14(12)15(21)19-7-9-20(10-8-19)16(22)23-17(2,3)4/h5-6,11H,7-10,18H2,1-4H3. The number of nitrogen functional groups attached to an aromatic ring is 1. The van der Waals surface area contributed by atoms with Crippen molar-refractivity contribution >= 4 is 17.7 Å². The van der Waals surface area contributed by atoms with Gasteiger partial charge in [-0.1, -0.05) is 6.07 Å². The molecule has 0 saturated carbocycles. The molecule has 2 rings (SSSR count). The minimum absolute atomic E-state index is 0.0429. The highest BCUT2D eigenvalue weighted by Crippen LogP contribution is 2.17. The number of nitrogens with zero attached hydrogens (tertiary/aromatic N) is 2. The van der Waals surface area contributed by atoms with Gasteiger partial charge >= 0.3 is 6.09 Å². The number of carbonyl (C=O) groups is 2. The fourth-order valence-corrected chi connectivity index (χ4v) is 2.46. The predicted molar refractivity (Wildman–Crippen MR) is 89.3 cm³/mol. The zero-order valence-corrected chi connectivity index (χ0v) is 14.3. The zero-order chi connectivity index (χ0) is 17.2. The lowest BCUT2D eigenvalue weighted by Crippen LogP contribution is -2.51. The van der Waals surface area contributed by atoms with E-state index in [0.717, 1.165) is 5.56 Å². The number of nitrogens with two attached hydrogens (primary N) is 1. The number of hydrogen-bond donors (Lipinski definition) is 1. The van der Waals surface area contributed by atoms with Crippen molar-refractivity contribution in [1.82, 2.24) is 9.80 Å². The van der Waals surface area contributed by atoms with E-state index in [4.69, 9.17) is 10.5 Å². The molecule has 0 bridgehead atoms. The maximum absolute atomic E-state index is 12.6. The monoisotopic (exact) mass is 319 g/mol. The minimum atomic E-state index is -0.511. The molecule has 1 heterocycles. The van der Waals surface area contributed by atoms with E-state index in [0.29, 0.717) is 37.4 Å². The van der Waals surface area contributed by atoms with Crippen LogP contribution in [0.3, 0.4) is 0 Å². The molecule has 0 atom stereocenters. The van der Waals surface area contributed by atoms with Gasteiger partial charge in [-0.2, -0.15) is 0 Å². The van der Waals surface area contributed by atoms with Crippen molar-refractivity contribution in [3.05, 3.63) is 29.3 Å². The van der Waals surface area contributed by atoms with Gasteiger partial charge in [0.1, 0.15) is 5.60 Å². The van der Waals surface area contributed by atoms with Crippen molar-refractivity contribution in [2.75, 3.05) is 31.9 Å². The van der Waals surface area contributed by atoms with Crippen molar-refractivity contribution < 1.29 is 14.3 Å². The number of rotatable bonds is 1. The lowest BCUT2D eigenvalue weighted by Gasteiger charge is -2.35. The van der Waals surface area contributed by atoms with Gasteiger partial charge in [0.05, 0.1) is 0 Å². The van der Waals surface area contributed by atoms with Gasteiger partial charge in [0.15, 0.2) is 0 Å². The number of benzene rings is 1. The van der Waals surface area contributed by atoms with E-state index in [2.05, 4.69) is 0 Å². The molecule has 1 fully saturated rings. The van der Waals surface area contributed by atoms with Crippen LogP contribution < -0.4 is 5.73 Å². The summed E-state index contributed by atoms with van der Waals surface area (Å²) in [6.45, 7) is 9.35. The van der Waals surface area contributed by atoms with E-state index in [1.807, 2.05) is 33.8 Å². The highest BCUT2D eigenvalue weighted by atomic mass is 16.6. The summed E-state index contributed by atoms with van der Waals surface area (Å²) in [5, 5.41) is 0. The van der Waals surface area contributed by atoms with Crippen LogP contribution in [0.1, 0.15) is 36.7 Å². The summed E-state index contributed by atoms with van der Waals surface area (Å²) in [7, 11) is 0.